The number of amides is 1. The van der Waals surface area contributed by atoms with Crippen molar-refractivity contribution in [2.75, 3.05) is 26.2 Å². The molecule has 1 unspecified atom stereocenters. The minimum Gasteiger partial charge on any atom is -0.493 e. The second-order valence-electron chi connectivity index (χ2n) is 6.60. The lowest BCUT2D eigenvalue weighted by molar-refractivity contribution is 0.181. The maximum absolute atomic E-state index is 12.1. The van der Waals surface area contributed by atoms with Crippen molar-refractivity contribution in [1.29, 1.82) is 0 Å². The highest BCUT2D eigenvalue weighted by Gasteiger charge is 2.34. The Bertz CT molecular complexity index is 896. The van der Waals surface area contributed by atoms with Gasteiger partial charge in [0.25, 0.3) is 0 Å². The molecule has 1 amide bonds. The molecule has 0 radical (unpaired) electrons. The second kappa shape index (κ2) is 7.53. The maximum Gasteiger partial charge on any atom is 0.418 e. The number of carbonyl (C=O) groups excluding carboxylic acids is 1. The highest BCUT2D eigenvalue weighted by molar-refractivity contribution is 6.30. The summed E-state index contributed by atoms with van der Waals surface area (Å²) in [5.74, 6) is 1.37. The molecule has 0 fully saturated rings. The summed E-state index contributed by atoms with van der Waals surface area (Å²) in [7, 11) is 4.60. The first kappa shape index (κ1) is 19.1. The highest BCUT2D eigenvalue weighted by Crippen LogP contribution is 2.42. The van der Waals surface area contributed by atoms with Crippen LogP contribution in [0.4, 0.5) is 10.5 Å². The fourth-order valence-electron chi connectivity index (χ4n) is 3.41. The number of hydrogen-bond acceptors (Lipinski definition) is 4. The van der Waals surface area contributed by atoms with E-state index in [1.807, 2.05) is 36.4 Å². The molecular formula is C21H22ClNO4. The molecule has 1 heterocycles. The van der Waals surface area contributed by atoms with Crippen LogP contribution in [0.15, 0.2) is 48.7 Å². The van der Waals surface area contributed by atoms with Gasteiger partial charge in [-0.25, -0.2) is 4.79 Å². The second-order valence-corrected chi connectivity index (χ2v) is 7.04. The van der Waals surface area contributed by atoms with Gasteiger partial charge in [-0.1, -0.05) is 30.7 Å². The van der Waals surface area contributed by atoms with Crippen LogP contribution in [0, 0.1) is 0 Å². The molecule has 1 aliphatic heterocycles. The molecule has 5 nitrogen and oxygen atoms in total. The van der Waals surface area contributed by atoms with Gasteiger partial charge in [0.1, 0.15) is 0 Å². The summed E-state index contributed by atoms with van der Waals surface area (Å²) in [4.78, 5) is 13.6. The number of nitrogens with zero attached hydrogens (tertiary/aromatic N) is 1. The zero-order valence-electron chi connectivity index (χ0n) is 15.8. The van der Waals surface area contributed by atoms with E-state index in [1.54, 1.807) is 26.5 Å². The number of carbonyl (C=O) groups is 1. The van der Waals surface area contributed by atoms with Crippen LogP contribution in [-0.4, -0.2) is 27.4 Å². The number of halogens is 1. The third-order valence-corrected chi connectivity index (χ3v) is 5.05. The number of ether oxygens (including phenoxy) is 3. The first-order valence-corrected chi connectivity index (χ1v) is 8.87. The highest BCUT2D eigenvalue weighted by atomic mass is 35.5. The van der Waals surface area contributed by atoms with Crippen molar-refractivity contribution < 1.29 is 19.0 Å². The lowest BCUT2D eigenvalue weighted by Gasteiger charge is -2.36. The third kappa shape index (κ3) is 3.60. The SMILES string of the molecule is COC(=O)N1C=CC(C)(Cc2ccc(OC)c(OC)c2)c2cc(Cl)ccc21. The Morgan fingerprint density at radius 1 is 1.07 bits per heavy atom. The summed E-state index contributed by atoms with van der Waals surface area (Å²) in [6.45, 7) is 2.12. The van der Waals surface area contributed by atoms with E-state index < -0.39 is 6.09 Å². The summed E-state index contributed by atoms with van der Waals surface area (Å²) in [6.07, 6.45) is 4.01. The van der Waals surface area contributed by atoms with Gasteiger partial charge in [0, 0.05) is 16.6 Å². The van der Waals surface area contributed by atoms with Crippen LogP contribution in [0.2, 0.25) is 5.02 Å². The van der Waals surface area contributed by atoms with Crippen LogP contribution in [0.3, 0.4) is 0 Å². The Morgan fingerprint density at radius 3 is 2.48 bits per heavy atom. The van der Waals surface area contributed by atoms with Crippen LogP contribution in [-0.2, 0) is 16.6 Å². The van der Waals surface area contributed by atoms with E-state index in [0.29, 0.717) is 22.9 Å². The van der Waals surface area contributed by atoms with Crippen LogP contribution >= 0.6 is 11.6 Å². The Labute approximate surface area is 164 Å². The van der Waals surface area contributed by atoms with E-state index in [4.69, 9.17) is 25.8 Å². The number of rotatable bonds is 4. The van der Waals surface area contributed by atoms with Gasteiger partial charge in [-0.15, -0.1) is 0 Å². The molecule has 6 heteroatoms. The molecule has 3 rings (SSSR count). The third-order valence-electron chi connectivity index (χ3n) is 4.82. The Hall–Kier alpha value is -2.66. The lowest BCUT2D eigenvalue weighted by atomic mass is 9.75. The largest absolute Gasteiger partial charge is 0.493 e. The minimum absolute atomic E-state index is 0.357. The predicted octanol–water partition coefficient (Wildman–Crippen LogP) is 4.96. The van der Waals surface area contributed by atoms with Crippen LogP contribution in [0.25, 0.3) is 0 Å². The van der Waals surface area contributed by atoms with Gasteiger partial charge < -0.3 is 14.2 Å². The van der Waals surface area contributed by atoms with E-state index in [1.165, 1.54) is 12.0 Å². The van der Waals surface area contributed by atoms with Gasteiger partial charge in [-0.2, -0.15) is 0 Å². The number of benzene rings is 2. The van der Waals surface area contributed by atoms with E-state index >= 15 is 0 Å². The molecule has 0 N–H and O–H groups in total. The smallest absolute Gasteiger partial charge is 0.418 e. The quantitative estimate of drug-likeness (QED) is 0.744. The maximum atomic E-state index is 12.1. The van der Waals surface area contributed by atoms with E-state index in [-0.39, 0.29) is 5.41 Å². The van der Waals surface area contributed by atoms with Crippen molar-refractivity contribution in [2.45, 2.75) is 18.8 Å². The molecule has 0 saturated carbocycles. The van der Waals surface area contributed by atoms with E-state index in [9.17, 15) is 4.79 Å². The van der Waals surface area contributed by atoms with Crippen molar-refractivity contribution in [3.8, 4) is 11.5 Å². The molecule has 0 spiro atoms. The lowest BCUT2D eigenvalue weighted by Crippen LogP contribution is -2.35. The molecule has 2 aromatic rings. The first-order valence-electron chi connectivity index (χ1n) is 8.49. The predicted molar refractivity (Wildman–Crippen MR) is 106 cm³/mol. The van der Waals surface area contributed by atoms with Crippen LogP contribution in [0.5, 0.6) is 11.5 Å². The van der Waals surface area contributed by atoms with Crippen molar-refractivity contribution in [3.05, 3.63) is 64.8 Å². The number of fused-ring (bicyclic) bond motifs is 1. The van der Waals surface area contributed by atoms with Gasteiger partial charge in [0.05, 0.1) is 27.0 Å². The molecule has 2 aromatic carbocycles. The number of methoxy groups -OCH3 is 3. The summed E-state index contributed by atoms with van der Waals surface area (Å²) in [5, 5.41) is 0.618. The van der Waals surface area contributed by atoms with Gasteiger partial charge >= 0.3 is 6.09 Å². The molecule has 1 aliphatic rings. The Balaban J connectivity index is 2.03. The Morgan fingerprint density at radius 2 is 1.81 bits per heavy atom. The van der Waals surface area contributed by atoms with Crippen molar-refractivity contribution in [3.63, 3.8) is 0 Å². The topological polar surface area (TPSA) is 48.0 Å². The zero-order chi connectivity index (χ0) is 19.6. The molecule has 0 bridgehead atoms. The standard InChI is InChI=1S/C21H22ClNO4/c1-21(13-14-5-8-18(25-2)19(11-14)26-3)9-10-23(20(24)27-4)17-7-6-15(22)12-16(17)21/h5-12H,13H2,1-4H3. The summed E-state index contributed by atoms with van der Waals surface area (Å²) in [5.41, 5.74) is 2.44. The molecular weight excluding hydrogens is 366 g/mol. The first-order chi connectivity index (χ1) is 12.9. The average Bonchev–Trinajstić information content (AvgIpc) is 2.68. The minimum atomic E-state index is -0.442. The van der Waals surface area contributed by atoms with E-state index in [2.05, 4.69) is 6.92 Å². The van der Waals surface area contributed by atoms with Gasteiger partial charge in [0.15, 0.2) is 11.5 Å². The molecule has 27 heavy (non-hydrogen) atoms. The molecule has 0 saturated heterocycles. The van der Waals surface area contributed by atoms with Gasteiger partial charge in [0.2, 0.25) is 0 Å². The molecule has 142 valence electrons. The summed E-state index contributed by atoms with van der Waals surface area (Å²) in [6, 6.07) is 11.4. The summed E-state index contributed by atoms with van der Waals surface area (Å²) >= 11 is 6.26. The molecule has 0 aliphatic carbocycles. The van der Waals surface area contributed by atoms with Gasteiger partial charge in [-0.05, 0) is 47.9 Å². The average molecular weight is 388 g/mol. The summed E-state index contributed by atoms with van der Waals surface area (Å²) < 4.78 is 15.6. The van der Waals surface area contributed by atoms with Gasteiger partial charge in [-0.3, -0.25) is 4.90 Å². The Kier molecular flexibility index (Phi) is 5.33. The number of allylic oxidation sites excluding steroid dienone is 1. The zero-order valence-corrected chi connectivity index (χ0v) is 16.5. The fraction of sp³-hybridized carbons (Fsp3) is 0.286. The fourth-order valence-corrected chi connectivity index (χ4v) is 3.58. The van der Waals surface area contributed by atoms with E-state index in [0.717, 1.165) is 16.8 Å². The normalized spacial score (nSPS) is 18.0. The van der Waals surface area contributed by atoms with Crippen molar-refractivity contribution in [2.24, 2.45) is 0 Å². The number of hydrogen-bond donors (Lipinski definition) is 0. The van der Waals surface area contributed by atoms with Crippen molar-refractivity contribution in [1.82, 2.24) is 0 Å². The van der Waals surface area contributed by atoms with Crippen molar-refractivity contribution >= 4 is 23.4 Å². The van der Waals surface area contributed by atoms with Crippen LogP contribution < -0.4 is 14.4 Å². The molecule has 0 aromatic heterocycles. The number of anilines is 1. The monoisotopic (exact) mass is 387 g/mol. The van der Waals surface area contributed by atoms with Crippen LogP contribution in [0.1, 0.15) is 18.1 Å². The molecule has 1 atom stereocenters.